The molecule has 218 valence electrons. The number of carbonyl (C=O) groups excluding carboxylic acids is 1. The number of hydrogen-bond donors (Lipinski definition) is 1. The van der Waals surface area contributed by atoms with E-state index in [1.807, 2.05) is 57.2 Å². The molecule has 0 radical (unpaired) electrons. The van der Waals surface area contributed by atoms with Crippen LogP contribution in [0.5, 0.6) is 28.7 Å². The fraction of sp³-hybridized carbons (Fsp3) is 0.424. The minimum atomic E-state index is -0.628. The van der Waals surface area contributed by atoms with E-state index >= 15 is 0 Å². The minimum Gasteiger partial charge on any atom is -0.497 e. The quantitative estimate of drug-likeness (QED) is 0.309. The van der Waals surface area contributed by atoms with Gasteiger partial charge in [-0.1, -0.05) is 25.1 Å². The molecule has 2 aliphatic rings. The van der Waals surface area contributed by atoms with E-state index in [0.29, 0.717) is 29.6 Å². The van der Waals surface area contributed by atoms with Crippen LogP contribution in [0.4, 0.5) is 0 Å². The van der Waals surface area contributed by atoms with E-state index < -0.39 is 11.6 Å². The minimum absolute atomic E-state index is 0.0822. The van der Waals surface area contributed by atoms with Crippen LogP contribution in [0.1, 0.15) is 68.2 Å². The molecule has 0 aromatic heterocycles. The lowest BCUT2D eigenvalue weighted by Crippen LogP contribution is -2.27. The van der Waals surface area contributed by atoms with Crippen LogP contribution < -0.4 is 23.7 Å². The highest BCUT2D eigenvalue weighted by molar-refractivity contribution is 5.71. The first kappa shape index (κ1) is 28.6. The van der Waals surface area contributed by atoms with E-state index in [4.69, 9.17) is 28.4 Å². The fourth-order valence-corrected chi connectivity index (χ4v) is 5.74. The number of aliphatic hydroxyl groups excluding tert-OH is 1. The first-order chi connectivity index (χ1) is 19.7. The maximum atomic E-state index is 12.6. The average Bonchev–Trinajstić information content (AvgIpc) is 3.55. The molecule has 0 fully saturated rings. The lowest BCUT2D eigenvalue weighted by Gasteiger charge is -2.26. The van der Waals surface area contributed by atoms with Gasteiger partial charge in [0.2, 0.25) is 6.79 Å². The normalized spacial score (nSPS) is 19.0. The standard InChI is InChI=1S/C33H38O8/c1-6-13-37-22-9-10-23-25(15-22)32(26(17-34)31(23)20-7-12-27-29(14-20)40-19-39-27)24-11-8-21(36-5)16-28(24)38-18-30(35)41-33(2,3)4/h7-12,14-16,26,31-32,34H,6,13,17-19H2,1-5H3. The van der Waals surface area contributed by atoms with E-state index in [1.54, 1.807) is 13.2 Å². The lowest BCUT2D eigenvalue weighted by molar-refractivity contribution is -0.157. The number of hydrogen-bond acceptors (Lipinski definition) is 8. The molecule has 3 aromatic carbocycles. The van der Waals surface area contributed by atoms with Gasteiger partial charge in [0, 0.05) is 36.0 Å². The molecule has 0 amide bonds. The summed E-state index contributed by atoms with van der Waals surface area (Å²) in [6.45, 7) is 7.97. The van der Waals surface area contributed by atoms with Crippen LogP contribution in [0.3, 0.4) is 0 Å². The zero-order chi connectivity index (χ0) is 29.1. The second kappa shape index (κ2) is 11.9. The summed E-state index contributed by atoms with van der Waals surface area (Å²) in [5.41, 5.74) is 3.35. The first-order valence-electron chi connectivity index (χ1n) is 14.0. The number of rotatable bonds is 10. The largest absolute Gasteiger partial charge is 0.497 e. The van der Waals surface area contributed by atoms with Crippen LogP contribution in [-0.2, 0) is 9.53 Å². The highest BCUT2D eigenvalue weighted by Gasteiger charge is 2.44. The summed E-state index contributed by atoms with van der Waals surface area (Å²) in [5.74, 6) is 2.18. The molecule has 3 atom stereocenters. The number of aliphatic hydroxyl groups is 1. The van der Waals surface area contributed by atoms with Gasteiger partial charge in [-0.25, -0.2) is 4.79 Å². The van der Waals surface area contributed by atoms with E-state index in [2.05, 4.69) is 19.1 Å². The van der Waals surface area contributed by atoms with Gasteiger partial charge < -0.3 is 33.5 Å². The monoisotopic (exact) mass is 562 g/mol. The van der Waals surface area contributed by atoms with Crippen molar-refractivity contribution in [1.82, 2.24) is 0 Å². The molecule has 41 heavy (non-hydrogen) atoms. The predicted molar refractivity (Wildman–Crippen MR) is 153 cm³/mol. The van der Waals surface area contributed by atoms with Gasteiger partial charge in [-0.05, 0) is 74.2 Å². The number of fused-ring (bicyclic) bond motifs is 2. The highest BCUT2D eigenvalue weighted by Crippen LogP contribution is 2.55. The second-order valence-electron chi connectivity index (χ2n) is 11.3. The first-order valence-corrected chi connectivity index (χ1v) is 14.0. The molecule has 0 bridgehead atoms. The number of esters is 1. The fourth-order valence-electron chi connectivity index (χ4n) is 5.74. The summed E-state index contributed by atoms with van der Waals surface area (Å²) in [6.07, 6.45) is 0.890. The molecule has 1 N–H and O–H groups in total. The van der Waals surface area contributed by atoms with Crippen molar-refractivity contribution in [1.29, 1.82) is 0 Å². The molecule has 0 saturated heterocycles. The molecule has 8 heteroatoms. The maximum Gasteiger partial charge on any atom is 0.344 e. The van der Waals surface area contributed by atoms with Gasteiger partial charge in [0.05, 0.1) is 13.7 Å². The van der Waals surface area contributed by atoms with E-state index in [-0.39, 0.29) is 37.8 Å². The van der Waals surface area contributed by atoms with Crippen molar-refractivity contribution < 1.29 is 38.3 Å². The summed E-state index contributed by atoms with van der Waals surface area (Å²) in [4.78, 5) is 12.6. The van der Waals surface area contributed by atoms with Crippen LogP contribution in [0.15, 0.2) is 54.6 Å². The Labute approximate surface area is 241 Å². The molecule has 0 saturated carbocycles. The SMILES string of the molecule is CCCOc1ccc2c(c1)C(c1ccc(OC)cc1OCC(=O)OC(C)(C)C)C(CO)C2c1ccc2c(c1)OCO2. The molecule has 0 spiro atoms. The third kappa shape index (κ3) is 6.07. The maximum absolute atomic E-state index is 12.6. The zero-order valence-electron chi connectivity index (χ0n) is 24.3. The Morgan fingerprint density at radius 2 is 1.66 bits per heavy atom. The topological polar surface area (TPSA) is 92.7 Å². The van der Waals surface area contributed by atoms with Crippen LogP contribution in [0.2, 0.25) is 0 Å². The van der Waals surface area contributed by atoms with Gasteiger partial charge in [-0.15, -0.1) is 0 Å². The van der Waals surface area contributed by atoms with Crippen molar-refractivity contribution in [3.8, 4) is 28.7 Å². The summed E-state index contributed by atoms with van der Waals surface area (Å²) >= 11 is 0. The second-order valence-corrected chi connectivity index (χ2v) is 11.3. The van der Waals surface area contributed by atoms with Crippen molar-refractivity contribution >= 4 is 5.97 Å². The Hall–Kier alpha value is -3.91. The molecule has 1 aliphatic heterocycles. The van der Waals surface area contributed by atoms with E-state index in [0.717, 1.165) is 34.4 Å². The molecule has 3 unspecified atom stereocenters. The molecular weight excluding hydrogens is 524 g/mol. The Bertz CT molecular complexity index is 1390. The van der Waals surface area contributed by atoms with Crippen molar-refractivity contribution in [2.45, 2.75) is 51.6 Å². The Morgan fingerprint density at radius 3 is 2.39 bits per heavy atom. The van der Waals surface area contributed by atoms with Crippen LogP contribution in [-0.4, -0.2) is 50.4 Å². The van der Waals surface area contributed by atoms with Gasteiger partial charge in [0.1, 0.15) is 22.8 Å². The van der Waals surface area contributed by atoms with Gasteiger partial charge in [-0.3, -0.25) is 0 Å². The number of carbonyl (C=O) groups is 1. The zero-order valence-corrected chi connectivity index (χ0v) is 24.3. The number of ether oxygens (including phenoxy) is 6. The Kier molecular flexibility index (Phi) is 8.31. The smallest absolute Gasteiger partial charge is 0.344 e. The van der Waals surface area contributed by atoms with Crippen LogP contribution in [0.25, 0.3) is 0 Å². The van der Waals surface area contributed by atoms with Gasteiger partial charge in [0.25, 0.3) is 0 Å². The molecular formula is C33H38O8. The summed E-state index contributed by atoms with van der Waals surface area (Å²) in [5, 5.41) is 10.9. The Balaban J connectivity index is 1.59. The molecule has 1 aliphatic carbocycles. The molecule has 1 heterocycles. The number of benzene rings is 3. The summed E-state index contributed by atoms with van der Waals surface area (Å²) < 4.78 is 34.3. The van der Waals surface area contributed by atoms with E-state index in [1.165, 1.54) is 0 Å². The third-order valence-electron chi connectivity index (χ3n) is 7.35. The van der Waals surface area contributed by atoms with E-state index in [9.17, 15) is 9.90 Å². The summed E-state index contributed by atoms with van der Waals surface area (Å²) in [7, 11) is 1.58. The number of methoxy groups -OCH3 is 1. The molecule has 3 aromatic rings. The van der Waals surface area contributed by atoms with Crippen LogP contribution >= 0.6 is 0 Å². The van der Waals surface area contributed by atoms with Gasteiger partial charge in [-0.2, -0.15) is 0 Å². The summed E-state index contributed by atoms with van der Waals surface area (Å²) in [6, 6.07) is 17.7. The third-order valence-corrected chi connectivity index (χ3v) is 7.35. The van der Waals surface area contributed by atoms with Crippen molar-refractivity contribution in [2.24, 2.45) is 5.92 Å². The van der Waals surface area contributed by atoms with Gasteiger partial charge >= 0.3 is 5.97 Å². The highest BCUT2D eigenvalue weighted by atomic mass is 16.7. The van der Waals surface area contributed by atoms with Crippen molar-refractivity contribution in [3.05, 3.63) is 76.9 Å². The Morgan fingerprint density at radius 1 is 0.902 bits per heavy atom. The predicted octanol–water partition coefficient (Wildman–Crippen LogP) is 5.82. The average molecular weight is 563 g/mol. The van der Waals surface area contributed by atoms with Gasteiger partial charge in [0.15, 0.2) is 18.1 Å². The molecule has 8 nitrogen and oxygen atoms in total. The lowest BCUT2D eigenvalue weighted by atomic mass is 9.80. The van der Waals surface area contributed by atoms with Crippen molar-refractivity contribution in [2.75, 3.05) is 33.7 Å². The molecule has 5 rings (SSSR count). The van der Waals surface area contributed by atoms with Crippen LogP contribution in [0, 0.1) is 5.92 Å². The van der Waals surface area contributed by atoms with Crippen molar-refractivity contribution in [3.63, 3.8) is 0 Å².